The monoisotopic (exact) mass is 311 g/mol. The quantitative estimate of drug-likeness (QED) is 0.549. The van der Waals surface area contributed by atoms with Crippen molar-refractivity contribution in [2.24, 2.45) is 7.05 Å². The van der Waals surface area contributed by atoms with Gasteiger partial charge < -0.3 is 15.3 Å². The van der Waals surface area contributed by atoms with Crippen LogP contribution in [-0.2, 0) is 18.4 Å². The molecule has 3 aromatic rings. The number of imidazole rings is 1. The molecule has 0 atom stereocenters. The van der Waals surface area contributed by atoms with E-state index in [1.807, 2.05) is 56.9 Å². The van der Waals surface area contributed by atoms with Crippen LogP contribution in [0.15, 0.2) is 43.0 Å². The summed E-state index contributed by atoms with van der Waals surface area (Å²) in [5, 5.41) is 0. The van der Waals surface area contributed by atoms with Crippen molar-refractivity contribution in [3.63, 3.8) is 0 Å². The topological polar surface area (TPSA) is 57.9 Å². The van der Waals surface area contributed by atoms with Gasteiger partial charge in [0.2, 0.25) is 0 Å². The third-order valence-corrected chi connectivity index (χ3v) is 3.32. The average Bonchev–Trinajstić information content (AvgIpc) is 2.82. The maximum atomic E-state index is 5.55. The van der Waals surface area contributed by atoms with E-state index in [1.165, 1.54) is 11.9 Å². The smallest absolute Gasteiger partial charge is 0.300 e. The summed E-state index contributed by atoms with van der Waals surface area (Å²) in [7, 11) is 1.96. The average molecular weight is 311 g/mol. The standard InChI is InChI=1S/C17H21N5O/c1-17(2,3)23-20-15-14-16(19-11-18-15)21(4)12-22(14)10-13-8-6-5-7-9-13/h5-9,11-12H,10H2,1-4H3. The Morgan fingerprint density at radius 2 is 1.91 bits per heavy atom. The molecular formula is C17H21N5O. The summed E-state index contributed by atoms with van der Waals surface area (Å²) < 4.78 is 4.06. The molecule has 0 aliphatic heterocycles. The zero-order valence-corrected chi connectivity index (χ0v) is 13.9. The summed E-state index contributed by atoms with van der Waals surface area (Å²) in [5.74, 6) is 0.543. The number of aromatic nitrogens is 4. The predicted octanol–water partition coefficient (Wildman–Crippen LogP) is 3.04. The van der Waals surface area contributed by atoms with Gasteiger partial charge in [-0.05, 0) is 26.3 Å². The Labute approximate surface area is 135 Å². The van der Waals surface area contributed by atoms with Gasteiger partial charge >= 0.3 is 5.65 Å². The highest BCUT2D eigenvalue weighted by atomic mass is 16.7. The summed E-state index contributed by atoms with van der Waals surface area (Å²) in [6.45, 7) is 6.59. The van der Waals surface area contributed by atoms with E-state index >= 15 is 0 Å². The van der Waals surface area contributed by atoms with E-state index in [1.54, 1.807) is 0 Å². The third-order valence-electron chi connectivity index (χ3n) is 3.32. The van der Waals surface area contributed by atoms with E-state index in [2.05, 4.69) is 32.1 Å². The van der Waals surface area contributed by atoms with Crippen molar-refractivity contribution in [2.45, 2.75) is 32.9 Å². The van der Waals surface area contributed by atoms with Crippen LogP contribution in [0.25, 0.3) is 16.6 Å². The maximum Gasteiger partial charge on any atom is 0.300 e. The molecular weight excluding hydrogens is 290 g/mol. The van der Waals surface area contributed by atoms with Crippen molar-refractivity contribution in [1.82, 2.24) is 14.5 Å². The van der Waals surface area contributed by atoms with Crippen molar-refractivity contribution in [3.05, 3.63) is 54.0 Å². The lowest BCUT2D eigenvalue weighted by Crippen LogP contribution is -2.26. The zero-order chi connectivity index (χ0) is 16.4. The van der Waals surface area contributed by atoms with Gasteiger partial charge in [0.05, 0.1) is 25.5 Å². The second kappa shape index (κ2) is 5.96. The van der Waals surface area contributed by atoms with Crippen LogP contribution < -0.4 is 4.57 Å². The highest BCUT2D eigenvalue weighted by Crippen LogP contribution is 2.27. The number of fused-ring (bicyclic) bond motifs is 1. The van der Waals surface area contributed by atoms with E-state index in [0.717, 1.165) is 17.7 Å². The second-order valence-electron chi connectivity index (χ2n) is 6.50. The molecule has 0 saturated heterocycles. The normalized spacial score (nSPS) is 11.8. The van der Waals surface area contributed by atoms with Gasteiger partial charge in [-0.1, -0.05) is 30.3 Å². The molecule has 3 rings (SSSR count). The first-order chi connectivity index (χ1) is 10.9. The van der Waals surface area contributed by atoms with E-state index < -0.39 is 0 Å². The number of benzene rings is 1. The molecule has 0 fully saturated rings. The molecule has 6 heteroatoms. The molecule has 2 heterocycles. The molecule has 0 saturated carbocycles. The van der Waals surface area contributed by atoms with Crippen LogP contribution in [0.4, 0.5) is 5.82 Å². The molecule has 0 radical (unpaired) electrons. The molecule has 1 aromatic carbocycles. The van der Waals surface area contributed by atoms with Crippen molar-refractivity contribution in [2.75, 3.05) is 0 Å². The summed E-state index contributed by atoms with van der Waals surface area (Å²) >= 11 is 0. The Bertz CT molecular complexity index is 805. The first-order valence-electron chi connectivity index (χ1n) is 7.57. The minimum atomic E-state index is -0.365. The number of aryl methyl sites for hydroxylation is 1. The molecule has 2 aromatic heterocycles. The second-order valence-corrected chi connectivity index (χ2v) is 6.50. The maximum absolute atomic E-state index is 5.55. The van der Waals surface area contributed by atoms with Gasteiger partial charge in [-0.25, -0.2) is 4.57 Å². The minimum Gasteiger partial charge on any atom is -0.407 e. The molecule has 0 amide bonds. The Kier molecular flexibility index (Phi) is 4.00. The first kappa shape index (κ1) is 15.4. The van der Waals surface area contributed by atoms with Gasteiger partial charge in [-0.2, -0.15) is 0 Å². The lowest BCUT2D eigenvalue weighted by Gasteiger charge is -2.25. The number of rotatable bonds is 4. The third kappa shape index (κ3) is 3.48. The summed E-state index contributed by atoms with van der Waals surface area (Å²) in [5.41, 5.74) is 6.77. The molecule has 0 unspecified atom stereocenters. The number of hydrogen-bond donors (Lipinski definition) is 0. The largest absolute Gasteiger partial charge is 0.407 e. The van der Waals surface area contributed by atoms with Gasteiger partial charge in [-0.15, -0.1) is 4.98 Å². The molecule has 23 heavy (non-hydrogen) atoms. The fourth-order valence-electron chi connectivity index (χ4n) is 2.34. The van der Waals surface area contributed by atoms with Crippen LogP contribution >= 0.6 is 0 Å². The van der Waals surface area contributed by atoms with Crippen molar-refractivity contribution in [1.29, 1.82) is 0 Å². The first-order valence-corrected chi connectivity index (χ1v) is 7.57. The highest BCUT2D eigenvalue weighted by Gasteiger charge is 2.17. The number of nitrogens with zero attached hydrogens (tertiary/aromatic N) is 5. The molecule has 0 aliphatic carbocycles. The van der Waals surface area contributed by atoms with E-state index in [4.69, 9.17) is 4.84 Å². The van der Waals surface area contributed by atoms with Gasteiger partial charge in [0, 0.05) is 5.82 Å². The van der Waals surface area contributed by atoms with Crippen LogP contribution in [0.2, 0.25) is 0 Å². The van der Waals surface area contributed by atoms with Gasteiger partial charge in [0.25, 0.3) is 0 Å². The molecule has 0 N–H and O–H groups in total. The van der Waals surface area contributed by atoms with E-state index in [0.29, 0.717) is 5.82 Å². The summed E-state index contributed by atoms with van der Waals surface area (Å²) in [4.78, 5) is 14.2. The predicted molar refractivity (Wildman–Crippen MR) is 88.1 cm³/mol. The van der Waals surface area contributed by atoms with Crippen molar-refractivity contribution < 1.29 is 9.40 Å². The summed E-state index contributed by atoms with van der Waals surface area (Å²) in [6.07, 6.45) is 3.52. The molecule has 6 nitrogen and oxygen atoms in total. The Morgan fingerprint density at radius 3 is 2.61 bits per heavy atom. The zero-order valence-electron chi connectivity index (χ0n) is 13.9. The van der Waals surface area contributed by atoms with Crippen LogP contribution in [0.5, 0.6) is 0 Å². The molecule has 0 aliphatic rings. The fourth-order valence-corrected chi connectivity index (χ4v) is 2.34. The Balaban J connectivity index is 2.01. The molecule has 0 spiro atoms. The van der Waals surface area contributed by atoms with Crippen LogP contribution in [0.1, 0.15) is 26.3 Å². The van der Waals surface area contributed by atoms with Gasteiger partial charge in [-0.3, -0.25) is 4.57 Å². The molecule has 0 bridgehead atoms. The van der Waals surface area contributed by atoms with E-state index in [-0.39, 0.29) is 5.60 Å². The Morgan fingerprint density at radius 1 is 1.17 bits per heavy atom. The van der Waals surface area contributed by atoms with Gasteiger partial charge in [0.1, 0.15) is 0 Å². The Hall–Kier alpha value is -2.47. The van der Waals surface area contributed by atoms with Crippen LogP contribution in [0.3, 0.4) is 0 Å². The van der Waals surface area contributed by atoms with Crippen LogP contribution in [-0.4, -0.2) is 20.1 Å². The van der Waals surface area contributed by atoms with Crippen molar-refractivity contribution in [3.8, 4) is 0 Å². The van der Waals surface area contributed by atoms with Gasteiger partial charge in [0.15, 0.2) is 11.8 Å². The fraction of sp³-hybridized carbons (Fsp3) is 0.353. The van der Waals surface area contributed by atoms with Crippen molar-refractivity contribution >= 4 is 17.0 Å². The SMILES string of the molecule is C[n+]1cn(Cc2ccccc2)c2c([N-]OC(C)(C)C)ncnc21. The van der Waals surface area contributed by atoms with E-state index in [9.17, 15) is 0 Å². The lowest BCUT2D eigenvalue weighted by molar-refractivity contribution is -0.647. The number of hydrogen-bond acceptors (Lipinski definition) is 3. The lowest BCUT2D eigenvalue weighted by atomic mass is 10.2. The highest BCUT2D eigenvalue weighted by molar-refractivity contribution is 5.81. The minimum absolute atomic E-state index is 0.365. The molecule has 120 valence electrons. The van der Waals surface area contributed by atoms with Crippen LogP contribution in [0, 0.1) is 0 Å². The summed E-state index contributed by atoms with van der Waals surface area (Å²) in [6, 6.07) is 10.3.